The van der Waals surface area contributed by atoms with Crippen molar-refractivity contribution >= 4 is 22.7 Å². The fraction of sp³-hybridized carbons (Fsp3) is 0. The topological polar surface area (TPSA) is 0 Å². The number of halogens is 1. The summed E-state index contributed by atoms with van der Waals surface area (Å²) in [6.07, 6.45) is 20.6. The predicted octanol–water partition coefficient (Wildman–Crippen LogP) is 3.02. The van der Waals surface area contributed by atoms with E-state index in [1.807, 2.05) is 42.5 Å². The minimum atomic E-state index is 0.806. The zero-order valence-electron chi connectivity index (χ0n) is 9.81. The molecule has 0 fully saturated rings. The highest BCUT2D eigenvalue weighted by Gasteiger charge is 1.91. The zero-order valence-corrected chi connectivity index (χ0v) is 10.6. The molecule has 0 heterocycles. The van der Waals surface area contributed by atoms with E-state index in [1.165, 1.54) is 10.8 Å². The van der Waals surface area contributed by atoms with Crippen molar-refractivity contribution in [1.29, 1.82) is 0 Å². The first-order valence-electron chi connectivity index (χ1n) is 5.92. The molecule has 2 aliphatic rings. The molecule has 0 nitrogen and oxygen atoms in total. The summed E-state index contributed by atoms with van der Waals surface area (Å²) in [6.45, 7) is 0. The molecular formula is C17H12Cl-3. The van der Waals surface area contributed by atoms with Gasteiger partial charge < -0.3 is 0 Å². The van der Waals surface area contributed by atoms with Crippen molar-refractivity contribution in [3.63, 3.8) is 0 Å². The van der Waals surface area contributed by atoms with Crippen LogP contribution >= 0.6 is 11.6 Å². The lowest BCUT2D eigenvalue weighted by Gasteiger charge is -2.19. The first-order chi connectivity index (χ1) is 8.86. The van der Waals surface area contributed by atoms with Crippen LogP contribution in [0, 0.1) is 12.8 Å². The second kappa shape index (κ2) is 4.75. The predicted molar refractivity (Wildman–Crippen MR) is 78.3 cm³/mol. The Morgan fingerprint density at radius 1 is 0.833 bits per heavy atom. The summed E-state index contributed by atoms with van der Waals surface area (Å²) in [6, 6.07) is 4.05. The fourth-order valence-corrected chi connectivity index (χ4v) is 2.48. The molecule has 0 saturated carbocycles. The maximum absolute atomic E-state index is 6.33. The number of hydrogen-bond acceptors (Lipinski definition) is 0. The third kappa shape index (κ3) is 1.96. The van der Waals surface area contributed by atoms with Gasteiger partial charge in [-0.2, -0.15) is 53.1 Å². The molecule has 0 aromatic heterocycles. The van der Waals surface area contributed by atoms with Crippen molar-refractivity contribution in [3.8, 4) is 0 Å². The highest BCUT2D eigenvalue weighted by molar-refractivity contribution is 6.31. The van der Waals surface area contributed by atoms with Gasteiger partial charge in [-0.15, -0.1) is 42.9 Å². The van der Waals surface area contributed by atoms with Crippen molar-refractivity contribution in [2.24, 2.45) is 0 Å². The molecule has 0 spiro atoms. The molecule has 0 amide bonds. The van der Waals surface area contributed by atoms with E-state index in [4.69, 9.17) is 11.6 Å². The second-order valence-electron chi connectivity index (χ2n) is 4.20. The number of allylic oxidation sites excluding steroid dienone is 8. The number of rotatable bonds is 0. The van der Waals surface area contributed by atoms with Crippen molar-refractivity contribution in [1.82, 2.24) is 0 Å². The molecule has 90 valence electrons. The Kier molecular flexibility index (Phi) is 2.95. The quantitative estimate of drug-likeness (QED) is 0.622. The van der Waals surface area contributed by atoms with Gasteiger partial charge in [-0.25, -0.2) is 10.8 Å². The van der Waals surface area contributed by atoms with E-state index in [0.29, 0.717) is 0 Å². The molecule has 0 radical (unpaired) electrons. The maximum atomic E-state index is 6.33. The van der Waals surface area contributed by atoms with Gasteiger partial charge in [-0.1, -0.05) is 5.02 Å². The van der Waals surface area contributed by atoms with Crippen molar-refractivity contribution in [2.45, 2.75) is 0 Å². The maximum Gasteiger partial charge on any atom is -0.0773 e. The SMILES string of the molecule is Clc1c[cH-]c(=C2C=CC=C[CH-]2)c1=C1C=CC=C[CH-]1. The molecule has 18 heavy (non-hydrogen) atoms. The van der Waals surface area contributed by atoms with E-state index >= 15 is 0 Å². The minimum absolute atomic E-state index is 0.806. The van der Waals surface area contributed by atoms with Crippen LogP contribution in [0.5, 0.6) is 0 Å². The molecule has 0 atom stereocenters. The monoisotopic (exact) mass is 251 g/mol. The van der Waals surface area contributed by atoms with Gasteiger partial charge in [0.25, 0.3) is 0 Å². The summed E-state index contributed by atoms with van der Waals surface area (Å²) in [4.78, 5) is 0. The van der Waals surface area contributed by atoms with Crippen LogP contribution < -0.4 is 10.4 Å². The van der Waals surface area contributed by atoms with Crippen molar-refractivity contribution in [2.75, 3.05) is 0 Å². The summed E-state index contributed by atoms with van der Waals surface area (Å²) in [5.74, 6) is 0. The average Bonchev–Trinajstić information content (AvgIpc) is 2.83. The van der Waals surface area contributed by atoms with E-state index in [9.17, 15) is 0 Å². The molecule has 0 saturated heterocycles. The summed E-state index contributed by atoms with van der Waals surface area (Å²) >= 11 is 6.33. The summed E-state index contributed by atoms with van der Waals surface area (Å²) in [5.41, 5.74) is 2.36. The Balaban J connectivity index is 2.31. The van der Waals surface area contributed by atoms with Gasteiger partial charge >= 0.3 is 0 Å². The van der Waals surface area contributed by atoms with Crippen LogP contribution in [0.1, 0.15) is 0 Å². The van der Waals surface area contributed by atoms with Gasteiger partial charge in [0.2, 0.25) is 0 Å². The molecule has 1 aromatic rings. The van der Waals surface area contributed by atoms with Gasteiger partial charge in [-0.3, -0.25) is 0 Å². The van der Waals surface area contributed by atoms with Crippen LogP contribution in [0.4, 0.5) is 0 Å². The largest absolute Gasteiger partial charge is 0.225 e. The molecular weight excluding hydrogens is 240 g/mol. The van der Waals surface area contributed by atoms with Crippen LogP contribution in [-0.2, 0) is 0 Å². The lowest BCUT2D eigenvalue weighted by atomic mass is 10.0. The third-order valence-electron chi connectivity index (χ3n) is 3.05. The molecule has 0 bridgehead atoms. The second-order valence-corrected chi connectivity index (χ2v) is 4.61. The summed E-state index contributed by atoms with van der Waals surface area (Å²) < 4.78 is 0. The Labute approximate surface area is 112 Å². The van der Waals surface area contributed by atoms with Gasteiger partial charge in [0.15, 0.2) is 0 Å². The first kappa shape index (κ1) is 11.2. The Hall–Kier alpha value is -1.92. The first-order valence-corrected chi connectivity index (χ1v) is 6.30. The van der Waals surface area contributed by atoms with Crippen LogP contribution in [0.2, 0.25) is 5.02 Å². The molecule has 0 aliphatic heterocycles. The highest BCUT2D eigenvalue weighted by Crippen LogP contribution is 2.13. The summed E-state index contributed by atoms with van der Waals surface area (Å²) in [7, 11) is 0. The van der Waals surface area contributed by atoms with Crippen LogP contribution in [0.15, 0.2) is 60.7 Å². The van der Waals surface area contributed by atoms with Gasteiger partial charge in [0.05, 0.1) is 0 Å². The average molecular weight is 252 g/mol. The van der Waals surface area contributed by atoms with Crippen molar-refractivity contribution in [3.05, 3.63) is 89.0 Å². The van der Waals surface area contributed by atoms with E-state index in [2.05, 4.69) is 31.1 Å². The fourth-order valence-electron chi connectivity index (χ4n) is 2.21. The van der Waals surface area contributed by atoms with Crippen LogP contribution in [0.3, 0.4) is 0 Å². The minimum Gasteiger partial charge on any atom is -0.225 e. The van der Waals surface area contributed by atoms with E-state index in [0.717, 1.165) is 15.8 Å². The lowest BCUT2D eigenvalue weighted by molar-refractivity contribution is 1.52. The van der Waals surface area contributed by atoms with Gasteiger partial charge in [0, 0.05) is 0 Å². The Bertz CT molecular complexity index is 690. The van der Waals surface area contributed by atoms with E-state index in [1.54, 1.807) is 0 Å². The standard InChI is InChI=1S/C17H12Cl/c18-16-12-11-15(13-7-3-1-4-8-13)17(16)14-9-5-2-6-10-14/h1-12H/q-3. The molecule has 1 aromatic carbocycles. The normalized spacial score (nSPS) is 22.9. The van der Waals surface area contributed by atoms with Crippen molar-refractivity contribution < 1.29 is 0 Å². The number of hydrogen-bond donors (Lipinski definition) is 0. The zero-order chi connectivity index (χ0) is 12.4. The Morgan fingerprint density at radius 2 is 1.50 bits per heavy atom. The molecule has 2 aliphatic carbocycles. The third-order valence-corrected chi connectivity index (χ3v) is 3.37. The van der Waals surface area contributed by atoms with E-state index in [-0.39, 0.29) is 0 Å². The smallest absolute Gasteiger partial charge is 0.0773 e. The van der Waals surface area contributed by atoms with Crippen LogP contribution in [-0.4, -0.2) is 0 Å². The van der Waals surface area contributed by atoms with Gasteiger partial charge in [-0.05, 0) is 0 Å². The lowest BCUT2D eigenvalue weighted by Crippen LogP contribution is -2.26. The van der Waals surface area contributed by atoms with Gasteiger partial charge in [0.1, 0.15) is 0 Å². The molecule has 0 unspecified atom stereocenters. The van der Waals surface area contributed by atoms with Crippen LogP contribution in [0.25, 0.3) is 11.1 Å². The molecule has 1 heteroatoms. The molecule has 3 rings (SSSR count). The van der Waals surface area contributed by atoms with E-state index < -0.39 is 0 Å². The highest BCUT2D eigenvalue weighted by atomic mass is 35.5. The summed E-state index contributed by atoms with van der Waals surface area (Å²) in [5, 5.41) is 3.11. The molecule has 0 N–H and O–H groups in total. The Morgan fingerprint density at radius 3 is 2.11 bits per heavy atom.